The summed E-state index contributed by atoms with van der Waals surface area (Å²) in [6, 6.07) is 46.5. The van der Waals surface area contributed by atoms with Crippen molar-refractivity contribution in [2.75, 3.05) is 20.6 Å². The Morgan fingerprint density at radius 1 is 0.558 bits per heavy atom. The van der Waals surface area contributed by atoms with Crippen molar-refractivity contribution in [1.29, 1.82) is 0 Å². The van der Waals surface area contributed by atoms with Gasteiger partial charge in [-0.05, 0) is 78.9 Å². The van der Waals surface area contributed by atoms with Crippen molar-refractivity contribution in [3.05, 3.63) is 172 Å². The number of methoxy groups -OCH3 is 1. The van der Waals surface area contributed by atoms with Crippen molar-refractivity contribution in [3.8, 4) is 28.4 Å². The molecule has 5 nitrogen and oxygen atoms in total. The lowest BCUT2D eigenvalue weighted by Gasteiger charge is -2.30. The summed E-state index contributed by atoms with van der Waals surface area (Å²) in [5.41, 5.74) is 13.0. The minimum absolute atomic E-state index is 0.128. The van der Waals surface area contributed by atoms with E-state index in [1.807, 2.05) is 30.3 Å². The van der Waals surface area contributed by atoms with Gasteiger partial charge in [-0.15, -0.1) is 0 Å². The third kappa shape index (κ3) is 7.26. The molecule has 6 aromatic carbocycles. The van der Waals surface area contributed by atoms with Crippen LogP contribution in [0.25, 0.3) is 11.1 Å². The van der Waals surface area contributed by atoms with E-state index in [1.165, 1.54) is 33.4 Å². The molecule has 0 aromatic heterocycles. The molecule has 0 N–H and O–H groups in total. The Morgan fingerprint density at radius 2 is 1.12 bits per heavy atom. The molecule has 0 amide bonds. The summed E-state index contributed by atoms with van der Waals surface area (Å²) in [7, 11) is 1.68. The minimum atomic E-state index is -0.128. The normalized spacial score (nSPS) is 13.2. The topological polar surface area (TPSA) is 33.7 Å². The Balaban J connectivity index is 0.000000162. The Morgan fingerprint density at radius 3 is 1.73 bits per heavy atom. The molecule has 0 fully saturated rings. The molecule has 0 unspecified atom stereocenters. The fourth-order valence-corrected chi connectivity index (χ4v) is 6.91. The van der Waals surface area contributed by atoms with E-state index < -0.39 is 0 Å². The highest BCUT2D eigenvalue weighted by Crippen LogP contribution is 2.41. The smallest absolute Gasteiger partial charge is 0.292 e. The number of ether oxygens (including phenoxy) is 3. The van der Waals surface area contributed by atoms with Crippen LogP contribution in [0.1, 0.15) is 52.8 Å². The highest BCUT2D eigenvalue weighted by molar-refractivity contribution is 5.86. The van der Waals surface area contributed by atoms with E-state index in [9.17, 15) is 0 Å². The molecule has 0 aliphatic carbocycles. The average Bonchev–Trinajstić information content (AvgIpc) is 3.18. The number of fused-ring (bicyclic) bond motifs is 2. The molecule has 2 aliphatic heterocycles. The van der Waals surface area contributed by atoms with E-state index in [2.05, 4.69) is 159 Å². The summed E-state index contributed by atoms with van der Waals surface area (Å²) in [6.45, 7) is 11.9. The van der Waals surface area contributed by atoms with Crippen molar-refractivity contribution >= 4 is 23.8 Å². The highest BCUT2D eigenvalue weighted by Gasteiger charge is 2.31. The molecule has 0 saturated heterocycles. The predicted molar refractivity (Wildman–Crippen MR) is 212 cm³/mol. The quantitative estimate of drug-likeness (QED) is 0.164. The third-order valence-corrected chi connectivity index (χ3v) is 9.90. The lowest BCUT2D eigenvalue weighted by Crippen LogP contribution is -2.26. The van der Waals surface area contributed by atoms with Crippen LogP contribution in [0.4, 0.5) is 11.4 Å². The van der Waals surface area contributed by atoms with Gasteiger partial charge in [0.2, 0.25) is 11.4 Å². The van der Waals surface area contributed by atoms with Crippen LogP contribution < -0.4 is 14.2 Å². The van der Waals surface area contributed by atoms with Crippen molar-refractivity contribution < 1.29 is 23.4 Å². The van der Waals surface area contributed by atoms with Gasteiger partial charge in [0.05, 0.1) is 18.2 Å². The molecule has 0 radical (unpaired) electrons. The van der Waals surface area contributed by atoms with Crippen molar-refractivity contribution in [2.24, 2.45) is 0 Å². The maximum Gasteiger partial charge on any atom is 0.292 e. The zero-order valence-corrected chi connectivity index (χ0v) is 30.9. The van der Waals surface area contributed by atoms with Crippen LogP contribution in [-0.4, -0.2) is 42.2 Å². The second-order valence-electron chi connectivity index (χ2n) is 14.1. The summed E-state index contributed by atoms with van der Waals surface area (Å²) in [6.07, 6.45) is 4.36. The van der Waals surface area contributed by atoms with Gasteiger partial charge in [-0.3, -0.25) is 0 Å². The molecular formula is C47H46N2O3+2. The Bertz CT molecular complexity index is 2250. The number of nitrogens with zero attached hydrogens (tertiary/aromatic N) is 2. The van der Waals surface area contributed by atoms with Crippen molar-refractivity contribution in [3.63, 3.8) is 0 Å². The van der Waals surface area contributed by atoms with Gasteiger partial charge in [-0.2, -0.15) is 9.15 Å². The van der Waals surface area contributed by atoms with Gasteiger partial charge in [-0.1, -0.05) is 98.3 Å². The average molecular weight is 687 g/mol. The Labute approximate surface area is 307 Å². The van der Waals surface area contributed by atoms with Crippen LogP contribution in [0.2, 0.25) is 0 Å². The van der Waals surface area contributed by atoms with Gasteiger partial charge in [0.25, 0.3) is 13.5 Å². The maximum atomic E-state index is 6.31. The van der Waals surface area contributed by atoms with Crippen molar-refractivity contribution in [2.45, 2.75) is 40.0 Å². The molecule has 52 heavy (non-hydrogen) atoms. The van der Waals surface area contributed by atoms with Gasteiger partial charge in [0.1, 0.15) is 17.2 Å². The summed E-state index contributed by atoms with van der Waals surface area (Å²) >= 11 is 0. The first-order chi connectivity index (χ1) is 25.2. The van der Waals surface area contributed by atoms with Crippen LogP contribution in [0.5, 0.6) is 17.2 Å². The summed E-state index contributed by atoms with van der Waals surface area (Å²) in [4.78, 5) is 0. The number of hydrogen-bond donors (Lipinski definition) is 0. The maximum absolute atomic E-state index is 6.31. The lowest BCUT2D eigenvalue weighted by molar-refractivity contribution is -0.476. The summed E-state index contributed by atoms with van der Waals surface area (Å²) in [5.74, 6) is 2.81. The van der Waals surface area contributed by atoms with E-state index in [0.717, 1.165) is 45.3 Å². The monoisotopic (exact) mass is 686 g/mol. The number of benzene rings is 6. The zero-order valence-electron chi connectivity index (χ0n) is 30.9. The molecule has 0 atom stereocenters. The molecule has 0 spiro atoms. The fourth-order valence-electron chi connectivity index (χ4n) is 6.91. The van der Waals surface area contributed by atoms with Gasteiger partial charge in [0.15, 0.2) is 12.4 Å². The van der Waals surface area contributed by atoms with Gasteiger partial charge < -0.3 is 14.2 Å². The highest BCUT2D eigenvalue weighted by atomic mass is 16.5. The van der Waals surface area contributed by atoms with E-state index in [-0.39, 0.29) is 5.41 Å². The van der Waals surface area contributed by atoms with Crippen molar-refractivity contribution in [1.82, 2.24) is 0 Å². The SMILES string of the molecule is COc1ccc([N+]2=Cc3cc(-c4ccccc4)cc(C)c3OC2)cc1.Cc1ccc([N+]2=Cc3cc(C)cc(C(C)(C)c4ccccc4)c3OC2)cc1. The first-order valence-electron chi connectivity index (χ1n) is 17.8. The molecule has 260 valence electrons. The third-order valence-electron chi connectivity index (χ3n) is 9.90. The molecular weight excluding hydrogens is 641 g/mol. The predicted octanol–water partition coefficient (Wildman–Crippen LogP) is 10.5. The Hall–Kier alpha value is -5.94. The summed E-state index contributed by atoms with van der Waals surface area (Å²) in [5, 5.41) is 0. The first-order valence-corrected chi connectivity index (χ1v) is 17.8. The van der Waals surface area contributed by atoms with E-state index in [0.29, 0.717) is 13.5 Å². The second kappa shape index (κ2) is 14.7. The first kappa shape index (κ1) is 34.5. The zero-order chi connectivity index (χ0) is 36.2. The van der Waals surface area contributed by atoms with Gasteiger partial charge in [-0.25, -0.2) is 0 Å². The largest absolute Gasteiger partial charge is 0.497 e. The number of rotatable bonds is 6. The molecule has 5 heteroatoms. The van der Waals surface area contributed by atoms with Crippen LogP contribution in [0.15, 0.2) is 133 Å². The van der Waals surface area contributed by atoms with Crippen LogP contribution in [0.3, 0.4) is 0 Å². The number of hydrogen-bond acceptors (Lipinski definition) is 3. The standard InChI is InChI=1S/C25H26NO.C22H20NO2/c1-18-10-12-22(13-11-18)26-16-20-14-19(2)15-23(24(20)27-17-26)25(3,4)21-8-6-5-7-9-21;1-16-12-18(17-6-4-3-5-7-17)13-19-14-23(15-25-22(16)19)20-8-10-21(24-2)11-9-20/h5-16H,17H2,1-4H3;3-14H,15H2,1-2H3/q2*+1. The molecule has 8 rings (SSSR count). The molecule has 2 aliphatic rings. The van der Waals surface area contributed by atoms with E-state index >= 15 is 0 Å². The van der Waals surface area contributed by atoms with Crippen LogP contribution in [-0.2, 0) is 5.41 Å². The van der Waals surface area contributed by atoms with E-state index in [4.69, 9.17) is 14.2 Å². The molecule has 0 bridgehead atoms. The summed E-state index contributed by atoms with van der Waals surface area (Å²) < 4.78 is 21.8. The van der Waals surface area contributed by atoms with Gasteiger partial charge >= 0.3 is 0 Å². The van der Waals surface area contributed by atoms with Gasteiger partial charge in [0, 0.05) is 35.2 Å². The molecule has 2 heterocycles. The lowest BCUT2D eigenvalue weighted by atomic mass is 9.76. The second-order valence-corrected chi connectivity index (χ2v) is 14.1. The molecule has 0 saturated carbocycles. The Kier molecular flexibility index (Phi) is 9.78. The van der Waals surface area contributed by atoms with Crippen LogP contribution >= 0.6 is 0 Å². The van der Waals surface area contributed by atoms with E-state index in [1.54, 1.807) is 7.11 Å². The minimum Gasteiger partial charge on any atom is -0.497 e. The van der Waals surface area contributed by atoms with Crippen LogP contribution in [0, 0.1) is 20.8 Å². The fraction of sp³-hybridized carbons (Fsp3) is 0.191. The molecule has 6 aromatic rings. The number of aryl methyl sites for hydroxylation is 3.